The monoisotopic (exact) mass is 303 g/mol. The van der Waals surface area contributed by atoms with Crippen molar-refractivity contribution in [3.8, 4) is 0 Å². The Bertz CT molecular complexity index is 494. The highest BCUT2D eigenvalue weighted by Gasteiger charge is 2.07. The van der Waals surface area contributed by atoms with Gasteiger partial charge in [0.05, 0.1) is 0 Å². The van der Waals surface area contributed by atoms with Crippen LogP contribution in [0, 0.1) is 0 Å². The lowest BCUT2D eigenvalue weighted by Crippen LogP contribution is -2.27. The molecule has 0 aliphatic heterocycles. The molecule has 106 valence electrons. The van der Waals surface area contributed by atoms with Crippen molar-refractivity contribution in [2.45, 2.75) is 18.7 Å². The highest BCUT2D eigenvalue weighted by molar-refractivity contribution is 7.84. The third-order valence-electron chi connectivity index (χ3n) is 2.77. The molecule has 0 saturated carbocycles. The molecule has 0 aliphatic rings. The standard InChI is InChI=1S/C12H18ClN3O2S/c1-8(19(2)18)6-15-7-10-4-3-9(5-11(10)13)12(14)16-17/h3-5,8,15,17H,6-7H2,1-2H3,(H2,14,16). The Balaban J connectivity index is 2.63. The Morgan fingerprint density at radius 2 is 2.32 bits per heavy atom. The fourth-order valence-corrected chi connectivity index (χ4v) is 2.04. The summed E-state index contributed by atoms with van der Waals surface area (Å²) in [6.45, 7) is 3.16. The summed E-state index contributed by atoms with van der Waals surface area (Å²) < 4.78 is 11.2. The molecule has 7 heteroatoms. The van der Waals surface area contributed by atoms with Crippen molar-refractivity contribution in [1.82, 2.24) is 5.32 Å². The average Bonchev–Trinajstić information content (AvgIpc) is 2.39. The van der Waals surface area contributed by atoms with Crippen LogP contribution < -0.4 is 11.1 Å². The molecule has 1 rings (SSSR count). The molecule has 0 aliphatic carbocycles. The highest BCUT2D eigenvalue weighted by Crippen LogP contribution is 2.17. The minimum absolute atomic E-state index is 0.0245. The van der Waals surface area contributed by atoms with Gasteiger partial charge in [0, 0.05) is 46.0 Å². The second-order valence-electron chi connectivity index (χ2n) is 4.23. The fourth-order valence-electron chi connectivity index (χ4n) is 1.44. The third kappa shape index (κ3) is 4.81. The second-order valence-corrected chi connectivity index (χ2v) is 6.44. The molecule has 0 spiro atoms. The lowest BCUT2D eigenvalue weighted by Gasteiger charge is -2.11. The van der Waals surface area contributed by atoms with E-state index in [1.807, 2.05) is 13.0 Å². The molecule has 0 fully saturated rings. The van der Waals surface area contributed by atoms with Crippen LogP contribution in [0.15, 0.2) is 23.4 Å². The summed E-state index contributed by atoms with van der Waals surface area (Å²) in [5, 5.41) is 15.3. The Hall–Kier alpha value is -1.11. The number of halogens is 1. The number of benzene rings is 1. The number of nitrogens with zero attached hydrogens (tertiary/aromatic N) is 1. The first-order valence-electron chi connectivity index (χ1n) is 5.75. The van der Waals surface area contributed by atoms with Crippen molar-refractivity contribution >= 4 is 28.2 Å². The maximum Gasteiger partial charge on any atom is 0.170 e. The summed E-state index contributed by atoms with van der Waals surface area (Å²) in [7, 11) is -0.840. The average molecular weight is 304 g/mol. The van der Waals surface area contributed by atoms with Crippen molar-refractivity contribution in [1.29, 1.82) is 0 Å². The molecule has 5 nitrogen and oxygen atoms in total. The Labute approximate surface area is 120 Å². The molecule has 0 aromatic heterocycles. The van der Waals surface area contributed by atoms with Crippen LogP contribution in [0.3, 0.4) is 0 Å². The van der Waals surface area contributed by atoms with Gasteiger partial charge in [0.1, 0.15) is 0 Å². The van der Waals surface area contributed by atoms with E-state index in [4.69, 9.17) is 22.5 Å². The quantitative estimate of drug-likeness (QED) is 0.320. The smallest absolute Gasteiger partial charge is 0.170 e. The van der Waals surface area contributed by atoms with Gasteiger partial charge in [-0.3, -0.25) is 4.21 Å². The molecule has 2 unspecified atom stereocenters. The zero-order valence-corrected chi connectivity index (χ0v) is 12.5. The van der Waals surface area contributed by atoms with E-state index in [2.05, 4.69) is 10.5 Å². The molecule has 2 atom stereocenters. The van der Waals surface area contributed by atoms with Gasteiger partial charge in [-0.2, -0.15) is 0 Å². The van der Waals surface area contributed by atoms with Gasteiger partial charge in [0.15, 0.2) is 5.84 Å². The summed E-state index contributed by atoms with van der Waals surface area (Å²) in [4.78, 5) is 0. The van der Waals surface area contributed by atoms with Crippen molar-refractivity contribution in [3.05, 3.63) is 34.3 Å². The van der Waals surface area contributed by atoms with Gasteiger partial charge in [-0.25, -0.2) is 0 Å². The fraction of sp³-hybridized carbons (Fsp3) is 0.417. The summed E-state index contributed by atoms with van der Waals surface area (Å²) in [6, 6.07) is 5.20. The van der Waals surface area contributed by atoms with E-state index in [1.165, 1.54) is 0 Å². The lowest BCUT2D eigenvalue weighted by molar-refractivity contribution is 0.318. The topological polar surface area (TPSA) is 87.7 Å². The molecule has 0 radical (unpaired) electrons. The van der Waals surface area contributed by atoms with Crippen LogP contribution in [0.2, 0.25) is 5.02 Å². The van der Waals surface area contributed by atoms with Crippen molar-refractivity contribution < 1.29 is 9.42 Å². The number of hydrogen-bond donors (Lipinski definition) is 3. The number of hydrogen-bond acceptors (Lipinski definition) is 4. The second kappa shape index (κ2) is 7.47. The van der Waals surface area contributed by atoms with Gasteiger partial charge in [-0.15, -0.1) is 0 Å². The molecule has 19 heavy (non-hydrogen) atoms. The molecule has 4 N–H and O–H groups in total. The van der Waals surface area contributed by atoms with E-state index in [1.54, 1.807) is 18.4 Å². The first kappa shape index (κ1) is 15.9. The zero-order valence-electron chi connectivity index (χ0n) is 10.9. The van der Waals surface area contributed by atoms with Crippen LogP contribution in [0.1, 0.15) is 18.1 Å². The predicted molar refractivity (Wildman–Crippen MR) is 79.2 cm³/mol. The van der Waals surface area contributed by atoms with Crippen LogP contribution in [-0.4, -0.2) is 33.3 Å². The van der Waals surface area contributed by atoms with E-state index >= 15 is 0 Å². The molecule has 0 heterocycles. The third-order valence-corrected chi connectivity index (χ3v) is 4.42. The number of oxime groups is 1. The van der Waals surface area contributed by atoms with E-state index in [9.17, 15) is 4.21 Å². The van der Waals surface area contributed by atoms with Crippen LogP contribution in [-0.2, 0) is 17.3 Å². The molecule has 0 saturated heterocycles. The molecule has 1 aromatic rings. The highest BCUT2D eigenvalue weighted by atomic mass is 35.5. The minimum atomic E-state index is -0.840. The van der Waals surface area contributed by atoms with E-state index < -0.39 is 10.8 Å². The van der Waals surface area contributed by atoms with Crippen LogP contribution in [0.4, 0.5) is 0 Å². The summed E-state index contributed by atoms with van der Waals surface area (Å²) >= 11 is 6.12. The van der Waals surface area contributed by atoms with E-state index in [-0.39, 0.29) is 11.1 Å². The van der Waals surface area contributed by atoms with Crippen molar-refractivity contribution in [2.24, 2.45) is 10.9 Å². The van der Waals surface area contributed by atoms with Gasteiger partial charge in [-0.1, -0.05) is 28.9 Å². The number of nitrogens with two attached hydrogens (primary N) is 1. The first-order chi connectivity index (χ1) is 8.95. The van der Waals surface area contributed by atoms with Crippen LogP contribution >= 0.6 is 11.6 Å². The maximum absolute atomic E-state index is 11.2. The van der Waals surface area contributed by atoms with Gasteiger partial charge in [0.25, 0.3) is 0 Å². The first-order valence-corrected chi connectivity index (χ1v) is 7.75. The molecule has 0 bridgehead atoms. The van der Waals surface area contributed by atoms with Gasteiger partial charge >= 0.3 is 0 Å². The zero-order chi connectivity index (χ0) is 14.4. The SMILES string of the molecule is CC(CNCc1ccc(/C(N)=N/O)cc1Cl)S(C)=O. The summed E-state index contributed by atoms with van der Waals surface area (Å²) in [5.41, 5.74) is 6.95. The van der Waals surface area contributed by atoms with E-state index in [0.717, 1.165) is 5.56 Å². The molecular weight excluding hydrogens is 286 g/mol. The largest absolute Gasteiger partial charge is 0.409 e. The number of nitrogens with one attached hydrogen (secondary N) is 1. The van der Waals surface area contributed by atoms with Gasteiger partial charge < -0.3 is 16.3 Å². The number of rotatable bonds is 6. The minimum Gasteiger partial charge on any atom is -0.409 e. The normalized spacial score (nSPS) is 15.2. The predicted octanol–water partition coefficient (Wildman–Crippen LogP) is 1.29. The summed E-state index contributed by atoms with van der Waals surface area (Å²) in [5.74, 6) is 0.0245. The summed E-state index contributed by atoms with van der Waals surface area (Å²) in [6.07, 6.45) is 1.69. The molecule has 1 aromatic carbocycles. The van der Waals surface area contributed by atoms with E-state index in [0.29, 0.717) is 23.7 Å². The Morgan fingerprint density at radius 3 is 2.84 bits per heavy atom. The number of amidine groups is 1. The van der Waals surface area contributed by atoms with Crippen molar-refractivity contribution in [3.63, 3.8) is 0 Å². The van der Waals surface area contributed by atoms with Gasteiger partial charge in [0.2, 0.25) is 0 Å². The van der Waals surface area contributed by atoms with Crippen LogP contribution in [0.25, 0.3) is 0 Å². The van der Waals surface area contributed by atoms with Gasteiger partial charge in [-0.05, 0) is 18.6 Å². The van der Waals surface area contributed by atoms with Crippen LogP contribution in [0.5, 0.6) is 0 Å². The Morgan fingerprint density at radius 1 is 1.63 bits per heavy atom. The molecular formula is C12H18ClN3O2S. The lowest BCUT2D eigenvalue weighted by atomic mass is 10.1. The Kier molecular flexibility index (Phi) is 6.27. The molecule has 0 amide bonds. The van der Waals surface area contributed by atoms with Crippen molar-refractivity contribution in [2.75, 3.05) is 12.8 Å². The maximum atomic E-state index is 11.2.